The number of rotatable bonds is 7. The Morgan fingerprint density at radius 3 is 2.23 bits per heavy atom. The number of aromatic nitrogens is 2. The predicted octanol–water partition coefficient (Wildman–Crippen LogP) is 5.95. The Kier molecular flexibility index (Phi) is 6.87. The monoisotopic (exact) mass is 559 g/mol. The Hall–Kier alpha value is -3.74. The van der Waals surface area contributed by atoms with E-state index >= 15 is 0 Å². The number of hydrogen-bond acceptors (Lipinski definition) is 4. The lowest BCUT2D eigenvalue weighted by Crippen LogP contribution is -2.12. The number of halogens is 7. The SMILES string of the molecule is O=C(Nc1nn(Cc2ccc(F)cc2)cc1Br)c1ccc(COc2c(F)c(F)c(F)c(F)c2F)o1. The van der Waals surface area contributed by atoms with Gasteiger partial charge in [-0.25, -0.2) is 17.6 Å². The highest BCUT2D eigenvalue weighted by Gasteiger charge is 2.27. The first-order valence-corrected chi connectivity index (χ1v) is 10.4. The van der Waals surface area contributed by atoms with Crippen LogP contribution in [0.5, 0.6) is 5.75 Å². The van der Waals surface area contributed by atoms with Gasteiger partial charge in [0.15, 0.2) is 17.3 Å². The topological polar surface area (TPSA) is 69.3 Å². The number of carbonyl (C=O) groups is 1. The molecule has 0 aliphatic rings. The molecule has 0 unspecified atom stereocenters. The molecule has 1 amide bonds. The van der Waals surface area contributed by atoms with E-state index in [9.17, 15) is 31.1 Å². The van der Waals surface area contributed by atoms with E-state index in [4.69, 9.17) is 9.15 Å². The van der Waals surface area contributed by atoms with Crippen molar-refractivity contribution in [2.75, 3.05) is 5.32 Å². The van der Waals surface area contributed by atoms with Gasteiger partial charge < -0.3 is 14.5 Å². The van der Waals surface area contributed by atoms with Gasteiger partial charge in [-0.2, -0.15) is 13.9 Å². The van der Waals surface area contributed by atoms with Crippen LogP contribution in [0.15, 0.2) is 51.5 Å². The molecule has 4 aromatic rings. The summed E-state index contributed by atoms with van der Waals surface area (Å²) in [6, 6.07) is 8.23. The average molecular weight is 560 g/mol. The molecule has 2 heterocycles. The number of ether oxygens (including phenoxy) is 1. The number of carbonyl (C=O) groups excluding carboxylic acids is 1. The molecular formula is C22H12BrF6N3O3. The number of anilines is 1. The largest absolute Gasteiger partial charge is 0.479 e. The van der Waals surface area contributed by atoms with Crippen LogP contribution in [0.3, 0.4) is 0 Å². The molecule has 0 atom stereocenters. The van der Waals surface area contributed by atoms with Gasteiger partial charge in [0.2, 0.25) is 29.1 Å². The summed E-state index contributed by atoms with van der Waals surface area (Å²) < 4.78 is 92.0. The summed E-state index contributed by atoms with van der Waals surface area (Å²) in [6.07, 6.45) is 1.59. The van der Waals surface area contributed by atoms with Crippen LogP contribution in [0, 0.1) is 34.9 Å². The highest BCUT2D eigenvalue weighted by molar-refractivity contribution is 9.10. The van der Waals surface area contributed by atoms with Gasteiger partial charge in [0, 0.05) is 6.20 Å². The van der Waals surface area contributed by atoms with Crippen molar-refractivity contribution in [1.82, 2.24) is 9.78 Å². The zero-order valence-corrected chi connectivity index (χ0v) is 18.8. The Labute approximate surface area is 201 Å². The molecule has 1 N–H and O–H groups in total. The maximum absolute atomic E-state index is 13.7. The van der Waals surface area contributed by atoms with E-state index < -0.39 is 47.3 Å². The summed E-state index contributed by atoms with van der Waals surface area (Å²) in [7, 11) is 0. The van der Waals surface area contributed by atoms with E-state index in [1.807, 2.05) is 0 Å². The Morgan fingerprint density at radius 2 is 1.57 bits per heavy atom. The molecule has 2 aromatic heterocycles. The fourth-order valence-corrected chi connectivity index (χ4v) is 3.36. The normalized spacial score (nSPS) is 11.1. The minimum Gasteiger partial charge on any atom is -0.479 e. The van der Waals surface area contributed by atoms with Crippen molar-refractivity contribution in [2.45, 2.75) is 13.2 Å². The summed E-state index contributed by atoms with van der Waals surface area (Å²) in [6.45, 7) is -0.420. The number of furan rings is 1. The zero-order valence-electron chi connectivity index (χ0n) is 17.2. The van der Waals surface area contributed by atoms with Crippen molar-refractivity contribution in [3.05, 3.63) is 99.1 Å². The molecule has 0 saturated carbocycles. The molecule has 0 aliphatic heterocycles. The second-order valence-electron chi connectivity index (χ2n) is 7.06. The molecule has 0 spiro atoms. The van der Waals surface area contributed by atoms with Crippen LogP contribution in [0.1, 0.15) is 21.9 Å². The van der Waals surface area contributed by atoms with Crippen LogP contribution < -0.4 is 10.1 Å². The predicted molar refractivity (Wildman–Crippen MR) is 113 cm³/mol. The minimum atomic E-state index is -2.31. The van der Waals surface area contributed by atoms with Crippen molar-refractivity contribution in [1.29, 1.82) is 0 Å². The van der Waals surface area contributed by atoms with Crippen molar-refractivity contribution < 1.29 is 40.3 Å². The summed E-state index contributed by atoms with van der Waals surface area (Å²) in [5, 5.41) is 6.71. The van der Waals surface area contributed by atoms with Crippen molar-refractivity contribution in [3.8, 4) is 5.75 Å². The second-order valence-corrected chi connectivity index (χ2v) is 7.91. The molecule has 0 fully saturated rings. The first-order valence-electron chi connectivity index (χ1n) is 9.65. The quantitative estimate of drug-likeness (QED) is 0.172. The van der Waals surface area contributed by atoms with E-state index in [0.717, 1.165) is 5.56 Å². The van der Waals surface area contributed by atoms with Crippen molar-refractivity contribution in [3.63, 3.8) is 0 Å². The number of nitrogens with zero attached hydrogens (tertiary/aromatic N) is 2. The first kappa shape index (κ1) is 24.4. The standard InChI is InChI=1S/C22H12BrF6N3O3/c23-13-8-32(7-10-1-3-11(24)4-2-10)31-21(13)30-22(33)14-6-5-12(35-14)9-34-20-18(28)16(26)15(25)17(27)19(20)29/h1-6,8H,7,9H2,(H,30,31,33). The van der Waals surface area contributed by atoms with E-state index in [1.54, 1.807) is 18.3 Å². The van der Waals surface area contributed by atoms with E-state index in [2.05, 4.69) is 26.3 Å². The molecule has 182 valence electrons. The molecular weight excluding hydrogens is 548 g/mol. The third kappa shape index (κ3) is 5.19. The van der Waals surface area contributed by atoms with Crippen LogP contribution in [0.2, 0.25) is 0 Å². The van der Waals surface area contributed by atoms with Gasteiger partial charge >= 0.3 is 0 Å². The zero-order chi connectivity index (χ0) is 25.3. The maximum Gasteiger partial charge on any atom is 0.292 e. The summed E-state index contributed by atoms with van der Waals surface area (Å²) >= 11 is 3.26. The molecule has 0 bridgehead atoms. The van der Waals surface area contributed by atoms with Crippen LogP contribution in [-0.4, -0.2) is 15.7 Å². The van der Waals surface area contributed by atoms with Crippen LogP contribution in [-0.2, 0) is 13.2 Å². The van der Waals surface area contributed by atoms with Gasteiger partial charge in [0.1, 0.15) is 18.2 Å². The number of hydrogen-bond donors (Lipinski definition) is 1. The Bertz CT molecular complexity index is 1380. The molecule has 2 aromatic carbocycles. The fraction of sp³-hybridized carbons (Fsp3) is 0.0909. The lowest BCUT2D eigenvalue weighted by Gasteiger charge is -2.09. The molecule has 0 aliphatic carbocycles. The van der Waals surface area contributed by atoms with Crippen LogP contribution >= 0.6 is 15.9 Å². The highest BCUT2D eigenvalue weighted by atomic mass is 79.9. The molecule has 4 rings (SSSR count). The highest BCUT2D eigenvalue weighted by Crippen LogP contribution is 2.30. The van der Waals surface area contributed by atoms with Crippen molar-refractivity contribution in [2.24, 2.45) is 0 Å². The van der Waals surface area contributed by atoms with Gasteiger partial charge in [-0.3, -0.25) is 9.48 Å². The molecule has 0 saturated heterocycles. The van der Waals surface area contributed by atoms with Gasteiger partial charge in [-0.1, -0.05) is 12.1 Å². The molecule has 6 nitrogen and oxygen atoms in total. The van der Waals surface area contributed by atoms with Crippen LogP contribution in [0.25, 0.3) is 0 Å². The van der Waals surface area contributed by atoms with Gasteiger partial charge in [-0.15, -0.1) is 0 Å². The first-order chi connectivity index (χ1) is 16.6. The minimum absolute atomic E-state index is 0.125. The third-order valence-electron chi connectivity index (χ3n) is 4.62. The molecule has 13 heteroatoms. The Morgan fingerprint density at radius 1 is 0.943 bits per heavy atom. The number of benzene rings is 2. The molecule has 35 heavy (non-hydrogen) atoms. The van der Waals surface area contributed by atoms with Gasteiger partial charge in [-0.05, 0) is 45.8 Å². The van der Waals surface area contributed by atoms with E-state index in [-0.39, 0.29) is 23.2 Å². The fourth-order valence-electron chi connectivity index (χ4n) is 2.94. The number of amides is 1. The maximum atomic E-state index is 13.7. The lowest BCUT2D eigenvalue weighted by molar-refractivity contribution is 0.0991. The van der Waals surface area contributed by atoms with Gasteiger partial charge in [0.25, 0.3) is 5.91 Å². The summed E-state index contributed by atoms with van der Waals surface area (Å²) in [5.74, 6) is -13.7. The van der Waals surface area contributed by atoms with E-state index in [0.29, 0.717) is 11.0 Å². The average Bonchev–Trinajstić information content (AvgIpc) is 3.44. The lowest BCUT2D eigenvalue weighted by atomic mass is 10.2. The summed E-state index contributed by atoms with van der Waals surface area (Å²) in [5.41, 5.74) is 0.767. The number of nitrogens with one attached hydrogen (secondary N) is 1. The second kappa shape index (κ2) is 9.86. The summed E-state index contributed by atoms with van der Waals surface area (Å²) in [4.78, 5) is 12.5. The van der Waals surface area contributed by atoms with Gasteiger partial charge in [0.05, 0.1) is 11.0 Å². The third-order valence-corrected chi connectivity index (χ3v) is 5.20. The molecule has 0 radical (unpaired) electrons. The van der Waals surface area contributed by atoms with Crippen LogP contribution in [0.4, 0.5) is 32.2 Å². The van der Waals surface area contributed by atoms with Crippen molar-refractivity contribution >= 4 is 27.7 Å². The smallest absolute Gasteiger partial charge is 0.292 e. The Balaban J connectivity index is 1.41. The van der Waals surface area contributed by atoms with E-state index in [1.165, 1.54) is 28.9 Å².